The Bertz CT molecular complexity index is 608. The first-order chi connectivity index (χ1) is 12.4. The van der Waals surface area contributed by atoms with E-state index in [4.69, 9.17) is 4.74 Å². The Morgan fingerprint density at radius 3 is 2.92 bits per heavy atom. The van der Waals surface area contributed by atoms with Crippen molar-refractivity contribution in [1.82, 2.24) is 10.2 Å². The first-order valence-corrected chi connectivity index (χ1v) is 8.77. The molecule has 7 heteroatoms. The monoisotopic (exact) mass is 368 g/mol. The van der Waals surface area contributed by atoms with Crippen LogP contribution in [0.25, 0.3) is 6.08 Å². The molecule has 5 nitrogen and oxygen atoms in total. The largest absolute Gasteiger partial charge is 0.434 e. The molecule has 26 heavy (non-hydrogen) atoms. The normalized spacial score (nSPS) is 18.6. The van der Waals surface area contributed by atoms with Gasteiger partial charge in [-0.05, 0) is 18.1 Å². The highest BCUT2D eigenvalue weighted by Gasteiger charge is 2.21. The van der Waals surface area contributed by atoms with Gasteiger partial charge in [-0.2, -0.15) is 8.78 Å². The third kappa shape index (κ3) is 7.09. The maximum atomic E-state index is 12.4. The van der Waals surface area contributed by atoms with E-state index in [0.717, 1.165) is 19.6 Å². The molecule has 0 spiro atoms. The van der Waals surface area contributed by atoms with Crippen molar-refractivity contribution in [2.75, 3.05) is 32.8 Å². The SMILES string of the molecule is CC(C)CN1CCOC(CNC(=O)/C=C/c2ccccc2OC(F)F)C1. The van der Waals surface area contributed by atoms with Crippen LogP contribution in [0.4, 0.5) is 8.78 Å². The number of carbonyl (C=O) groups excluding carboxylic acids is 1. The van der Waals surface area contributed by atoms with Crippen LogP contribution in [0.3, 0.4) is 0 Å². The fourth-order valence-corrected chi connectivity index (χ4v) is 2.85. The summed E-state index contributed by atoms with van der Waals surface area (Å²) >= 11 is 0. The number of ether oxygens (including phenoxy) is 2. The summed E-state index contributed by atoms with van der Waals surface area (Å²) in [4.78, 5) is 14.3. The number of carbonyl (C=O) groups is 1. The smallest absolute Gasteiger partial charge is 0.387 e. The topological polar surface area (TPSA) is 50.8 Å². The second-order valence-electron chi connectivity index (χ2n) is 6.64. The fraction of sp³-hybridized carbons (Fsp3) is 0.526. The highest BCUT2D eigenvalue weighted by molar-refractivity contribution is 5.92. The van der Waals surface area contributed by atoms with Crippen LogP contribution in [-0.2, 0) is 9.53 Å². The van der Waals surface area contributed by atoms with E-state index in [1.54, 1.807) is 18.2 Å². The lowest BCUT2D eigenvalue weighted by Gasteiger charge is -2.33. The van der Waals surface area contributed by atoms with Crippen LogP contribution < -0.4 is 10.1 Å². The van der Waals surface area contributed by atoms with E-state index < -0.39 is 6.61 Å². The number of alkyl halides is 2. The molecule has 1 aromatic rings. The summed E-state index contributed by atoms with van der Waals surface area (Å²) in [5.74, 6) is 0.315. The van der Waals surface area contributed by atoms with Crippen molar-refractivity contribution in [3.63, 3.8) is 0 Å². The summed E-state index contributed by atoms with van der Waals surface area (Å²) in [6.45, 7) is 5.20. The van der Waals surface area contributed by atoms with Crippen molar-refractivity contribution < 1.29 is 23.0 Å². The number of morpholine rings is 1. The summed E-state index contributed by atoms with van der Waals surface area (Å²) in [5.41, 5.74) is 0.417. The minimum Gasteiger partial charge on any atom is -0.434 e. The molecule has 0 aliphatic carbocycles. The first kappa shape index (κ1) is 20.3. The fourth-order valence-electron chi connectivity index (χ4n) is 2.85. The lowest BCUT2D eigenvalue weighted by molar-refractivity contribution is -0.117. The van der Waals surface area contributed by atoms with E-state index in [1.165, 1.54) is 18.2 Å². The average Bonchev–Trinajstić information content (AvgIpc) is 2.58. The van der Waals surface area contributed by atoms with Crippen LogP contribution in [0, 0.1) is 5.92 Å². The van der Waals surface area contributed by atoms with Gasteiger partial charge in [-0.15, -0.1) is 0 Å². The van der Waals surface area contributed by atoms with E-state index in [9.17, 15) is 13.6 Å². The third-order valence-electron chi connectivity index (χ3n) is 3.90. The number of halogens is 2. The number of hydrogen-bond donors (Lipinski definition) is 1. The first-order valence-electron chi connectivity index (χ1n) is 8.77. The van der Waals surface area contributed by atoms with Gasteiger partial charge in [0.1, 0.15) is 5.75 Å². The number of para-hydroxylation sites is 1. The summed E-state index contributed by atoms with van der Waals surface area (Å²) in [7, 11) is 0. The molecule has 2 rings (SSSR count). The molecule has 1 heterocycles. The third-order valence-corrected chi connectivity index (χ3v) is 3.90. The van der Waals surface area contributed by atoms with E-state index in [1.807, 2.05) is 0 Å². The van der Waals surface area contributed by atoms with Crippen molar-refractivity contribution in [2.45, 2.75) is 26.6 Å². The number of hydrogen-bond acceptors (Lipinski definition) is 4. The second-order valence-corrected chi connectivity index (χ2v) is 6.64. The zero-order valence-electron chi connectivity index (χ0n) is 15.2. The molecule has 144 valence electrons. The van der Waals surface area contributed by atoms with Crippen molar-refractivity contribution >= 4 is 12.0 Å². The molecule has 1 aliphatic rings. The minimum absolute atomic E-state index is 0.0338. The number of amides is 1. The Balaban J connectivity index is 1.82. The lowest BCUT2D eigenvalue weighted by atomic mass is 10.1. The standard InChI is InChI=1S/C19H26F2N2O3/c1-14(2)12-23-9-10-25-16(13-23)11-22-18(24)8-7-15-5-3-4-6-17(15)26-19(20)21/h3-8,14,16,19H,9-13H2,1-2H3,(H,22,24)/b8-7+. The van der Waals surface area contributed by atoms with E-state index in [-0.39, 0.29) is 17.8 Å². The second kappa shape index (κ2) is 10.2. The number of nitrogens with one attached hydrogen (secondary N) is 1. The van der Waals surface area contributed by atoms with Crippen LogP contribution in [0.2, 0.25) is 0 Å². The van der Waals surface area contributed by atoms with Gasteiger partial charge in [-0.3, -0.25) is 9.69 Å². The molecule has 1 saturated heterocycles. The molecule has 0 radical (unpaired) electrons. The Hall–Kier alpha value is -1.99. The summed E-state index contributed by atoms with van der Waals surface area (Å²) in [6, 6.07) is 6.33. The van der Waals surface area contributed by atoms with Crippen molar-refractivity contribution in [2.24, 2.45) is 5.92 Å². The Morgan fingerprint density at radius 2 is 2.19 bits per heavy atom. The van der Waals surface area contributed by atoms with Gasteiger partial charge >= 0.3 is 6.61 Å². The highest BCUT2D eigenvalue weighted by atomic mass is 19.3. The molecule has 1 amide bonds. The molecule has 0 aromatic heterocycles. The summed E-state index contributed by atoms with van der Waals surface area (Å²) in [5, 5.41) is 2.79. The quantitative estimate of drug-likeness (QED) is 0.717. The van der Waals surface area contributed by atoms with Gasteiger partial charge in [0.2, 0.25) is 5.91 Å². The maximum Gasteiger partial charge on any atom is 0.387 e. The average molecular weight is 368 g/mol. The van der Waals surface area contributed by atoms with Crippen molar-refractivity contribution in [1.29, 1.82) is 0 Å². The van der Waals surface area contributed by atoms with E-state index in [0.29, 0.717) is 24.6 Å². The Kier molecular flexibility index (Phi) is 8.00. The van der Waals surface area contributed by atoms with Gasteiger partial charge in [-0.25, -0.2) is 0 Å². The predicted octanol–water partition coefficient (Wildman–Crippen LogP) is 2.77. The molecule has 1 aromatic carbocycles. The van der Waals surface area contributed by atoms with Crippen LogP contribution in [0.1, 0.15) is 19.4 Å². The molecule has 0 bridgehead atoms. The van der Waals surface area contributed by atoms with Gasteiger partial charge in [0.25, 0.3) is 0 Å². The summed E-state index contributed by atoms with van der Waals surface area (Å²) in [6.07, 6.45) is 2.72. The van der Waals surface area contributed by atoms with Crippen LogP contribution in [-0.4, -0.2) is 56.3 Å². The van der Waals surface area contributed by atoms with E-state index >= 15 is 0 Å². The molecular formula is C19H26F2N2O3. The number of nitrogens with zero attached hydrogens (tertiary/aromatic N) is 1. The molecule has 1 N–H and O–H groups in total. The van der Waals surface area contributed by atoms with Gasteiger partial charge in [0, 0.05) is 37.8 Å². The molecule has 0 saturated carbocycles. The number of rotatable bonds is 8. The van der Waals surface area contributed by atoms with Crippen molar-refractivity contribution in [3.8, 4) is 5.75 Å². The summed E-state index contributed by atoms with van der Waals surface area (Å²) < 4.78 is 34.9. The van der Waals surface area contributed by atoms with Crippen LogP contribution >= 0.6 is 0 Å². The van der Waals surface area contributed by atoms with Crippen LogP contribution in [0.5, 0.6) is 5.75 Å². The Morgan fingerprint density at radius 1 is 1.42 bits per heavy atom. The van der Waals surface area contributed by atoms with Gasteiger partial charge in [-0.1, -0.05) is 32.0 Å². The van der Waals surface area contributed by atoms with Gasteiger partial charge in [0.05, 0.1) is 12.7 Å². The molecule has 1 fully saturated rings. The van der Waals surface area contributed by atoms with E-state index in [2.05, 4.69) is 28.8 Å². The van der Waals surface area contributed by atoms with Crippen LogP contribution in [0.15, 0.2) is 30.3 Å². The molecule has 1 aliphatic heterocycles. The molecular weight excluding hydrogens is 342 g/mol. The highest BCUT2D eigenvalue weighted by Crippen LogP contribution is 2.21. The zero-order chi connectivity index (χ0) is 18.9. The Labute approximate surface area is 153 Å². The van der Waals surface area contributed by atoms with Gasteiger partial charge < -0.3 is 14.8 Å². The molecule has 1 unspecified atom stereocenters. The predicted molar refractivity (Wildman–Crippen MR) is 96.1 cm³/mol. The van der Waals surface area contributed by atoms with Crippen molar-refractivity contribution in [3.05, 3.63) is 35.9 Å². The van der Waals surface area contributed by atoms with Gasteiger partial charge in [0.15, 0.2) is 0 Å². The molecule has 1 atom stereocenters. The zero-order valence-corrected chi connectivity index (χ0v) is 15.2. The number of benzene rings is 1. The lowest BCUT2D eigenvalue weighted by Crippen LogP contribution is -2.48. The minimum atomic E-state index is -2.91. The maximum absolute atomic E-state index is 12.4.